The van der Waals surface area contributed by atoms with Gasteiger partial charge in [-0.15, -0.1) is 0 Å². The van der Waals surface area contributed by atoms with E-state index in [4.69, 9.17) is 16.3 Å². The highest BCUT2D eigenvalue weighted by atomic mass is 35.5. The summed E-state index contributed by atoms with van der Waals surface area (Å²) in [5.74, 6) is -0.309. The number of anilines is 1. The van der Waals surface area contributed by atoms with Gasteiger partial charge in [0.15, 0.2) is 0 Å². The van der Waals surface area contributed by atoms with Gasteiger partial charge in [-0.1, -0.05) is 41.9 Å². The largest absolute Gasteiger partial charge is 0.494 e. The second kappa shape index (κ2) is 13.2. The molecular weight excluding hydrogens is 550 g/mol. The number of rotatable bonds is 11. The van der Waals surface area contributed by atoms with Crippen molar-refractivity contribution in [2.75, 3.05) is 17.5 Å². The second-order valence-electron chi connectivity index (χ2n) is 10.3. The van der Waals surface area contributed by atoms with Crippen molar-refractivity contribution in [3.63, 3.8) is 0 Å². The predicted octanol–water partition coefficient (Wildman–Crippen LogP) is 5.27. The molecule has 0 spiro atoms. The van der Waals surface area contributed by atoms with Crippen LogP contribution >= 0.6 is 11.6 Å². The molecule has 0 fully saturated rings. The molecule has 0 radical (unpaired) electrons. The zero-order valence-electron chi connectivity index (χ0n) is 23.4. The summed E-state index contributed by atoms with van der Waals surface area (Å²) >= 11 is 6.00. The number of halogens is 1. The number of amides is 2. The molecule has 3 rings (SSSR count). The summed E-state index contributed by atoms with van der Waals surface area (Å²) in [5, 5.41) is 3.30. The first-order valence-corrected chi connectivity index (χ1v) is 14.8. The molecule has 40 heavy (non-hydrogen) atoms. The summed E-state index contributed by atoms with van der Waals surface area (Å²) in [6.07, 6.45) is 0. The number of carbonyl (C=O) groups is 2. The predicted molar refractivity (Wildman–Crippen MR) is 158 cm³/mol. The zero-order valence-corrected chi connectivity index (χ0v) is 25.0. The van der Waals surface area contributed by atoms with E-state index in [-0.39, 0.29) is 23.0 Å². The molecule has 0 aliphatic carbocycles. The third-order valence-corrected chi connectivity index (χ3v) is 8.02. The summed E-state index contributed by atoms with van der Waals surface area (Å²) in [4.78, 5) is 28.5. The molecular formula is C30H36ClN3O5S. The quantitative estimate of drug-likeness (QED) is 0.331. The first-order chi connectivity index (χ1) is 18.8. The van der Waals surface area contributed by atoms with Gasteiger partial charge in [0.25, 0.3) is 10.0 Å². The molecule has 0 unspecified atom stereocenters. The Morgan fingerprint density at radius 1 is 0.950 bits per heavy atom. The Morgan fingerprint density at radius 3 is 2.10 bits per heavy atom. The van der Waals surface area contributed by atoms with E-state index < -0.39 is 34.1 Å². The molecule has 214 valence electrons. The van der Waals surface area contributed by atoms with E-state index in [0.717, 1.165) is 9.87 Å². The lowest BCUT2D eigenvalue weighted by atomic mass is 10.1. The lowest BCUT2D eigenvalue weighted by Crippen LogP contribution is -2.54. The molecule has 1 N–H and O–H groups in total. The van der Waals surface area contributed by atoms with Gasteiger partial charge in [-0.2, -0.15) is 0 Å². The highest BCUT2D eigenvalue weighted by Crippen LogP contribution is 2.27. The van der Waals surface area contributed by atoms with Crippen LogP contribution in [0.3, 0.4) is 0 Å². The van der Waals surface area contributed by atoms with Gasteiger partial charge in [-0.3, -0.25) is 13.9 Å². The molecule has 10 heteroatoms. The monoisotopic (exact) mass is 585 g/mol. The first-order valence-electron chi connectivity index (χ1n) is 13.0. The molecule has 0 bridgehead atoms. The Kier molecular flexibility index (Phi) is 10.2. The van der Waals surface area contributed by atoms with Crippen LogP contribution in [0.2, 0.25) is 5.02 Å². The third kappa shape index (κ3) is 8.22. The number of nitrogens with zero attached hydrogens (tertiary/aromatic N) is 2. The molecule has 0 aromatic heterocycles. The van der Waals surface area contributed by atoms with Crippen molar-refractivity contribution in [2.45, 2.75) is 57.6 Å². The maximum Gasteiger partial charge on any atom is 0.264 e. The summed E-state index contributed by atoms with van der Waals surface area (Å²) in [5.41, 5.74) is 0.566. The fourth-order valence-corrected chi connectivity index (χ4v) is 5.51. The number of nitrogens with one attached hydrogen (secondary N) is 1. The van der Waals surface area contributed by atoms with Crippen molar-refractivity contribution in [3.05, 3.63) is 89.4 Å². The third-order valence-electron chi connectivity index (χ3n) is 5.98. The van der Waals surface area contributed by atoms with Crippen molar-refractivity contribution in [3.8, 4) is 5.75 Å². The van der Waals surface area contributed by atoms with Gasteiger partial charge in [-0.25, -0.2) is 8.42 Å². The SMILES string of the molecule is CCOc1ccc(N(CC(=O)N(Cc2ccccc2)[C@H](C)C(=O)NC(C)(C)C)S(=O)(=O)c2ccc(Cl)cc2)cc1. The van der Waals surface area contributed by atoms with E-state index in [2.05, 4.69) is 5.32 Å². The topological polar surface area (TPSA) is 96.0 Å². The molecule has 3 aromatic carbocycles. The Morgan fingerprint density at radius 2 is 1.55 bits per heavy atom. The second-order valence-corrected chi connectivity index (χ2v) is 12.6. The number of sulfonamides is 1. The number of ether oxygens (including phenoxy) is 1. The van der Waals surface area contributed by atoms with Crippen LogP contribution in [0.25, 0.3) is 0 Å². The minimum atomic E-state index is -4.19. The van der Waals surface area contributed by atoms with Crippen molar-refractivity contribution >= 4 is 39.1 Å². The van der Waals surface area contributed by atoms with Crippen LogP contribution in [0.1, 0.15) is 40.2 Å². The fourth-order valence-electron chi connectivity index (χ4n) is 3.97. The van der Waals surface area contributed by atoms with Crippen LogP contribution in [0.4, 0.5) is 5.69 Å². The number of benzene rings is 3. The van der Waals surface area contributed by atoms with Crippen LogP contribution in [-0.2, 0) is 26.2 Å². The van der Waals surface area contributed by atoms with Crippen LogP contribution in [0.5, 0.6) is 5.75 Å². The van der Waals surface area contributed by atoms with Gasteiger partial charge in [0.2, 0.25) is 11.8 Å². The highest BCUT2D eigenvalue weighted by molar-refractivity contribution is 7.92. The summed E-state index contributed by atoms with van der Waals surface area (Å²) in [6.45, 7) is 9.09. The van der Waals surface area contributed by atoms with Crippen LogP contribution < -0.4 is 14.4 Å². The minimum Gasteiger partial charge on any atom is -0.494 e. The Balaban J connectivity index is 2.02. The van der Waals surface area contributed by atoms with Crippen molar-refractivity contribution in [1.82, 2.24) is 10.2 Å². The Labute approximate surface area is 241 Å². The molecule has 0 aliphatic heterocycles. The average molecular weight is 586 g/mol. The molecule has 1 atom stereocenters. The average Bonchev–Trinajstić information content (AvgIpc) is 2.90. The summed E-state index contributed by atoms with van der Waals surface area (Å²) < 4.78 is 34.3. The smallest absolute Gasteiger partial charge is 0.264 e. The molecule has 2 amide bonds. The van der Waals surface area contributed by atoms with Gasteiger partial charge in [0.1, 0.15) is 18.3 Å². The standard InChI is InChI=1S/C30H36ClN3O5S/c1-6-39-26-16-14-25(15-17-26)34(40(37,38)27-18-12-24(31)13-19-27)21-28(35)33(20-23-10-8-7-9-11-23)22(2)29(36)32-30(3,4)5/h7-19,22H,6,20-21H2,1-5H3,(H,32,36)/t22-/m1/s1. The molecule has 3 aromatic rings. The molecule has 0 heterocycles. The van der Waals surface area contributed by atoms with Gasteiger partial charge in [0, 0.05) is 17.1 Å². The number of hydrogen-bond acceptors (Lipinski definition) is 5. The van der Waals surface area contributed by atoms with Crippen LogP contribution in [0.15, 0.2) is 83.8 Å². The highest BCUT2D eigenvalue weighted by Gasteiger charge is 2.33. The Bertz CT molecular complexity index is 1390. The van der Waals surface area contributed by atoms with E-state index in [1.807, 2.05) is 58.0 Å². The lowest BCUT2D eigenvalue weighted by molar-refractivity contribution is -0.140. The maximum absolute atomic E-state index is 13.9. The zero-order chi connectivity index (χ0) is 29.5. The van der Waals surface area contributed by atoms with Gasteiger partial charge < -0.3 is 15.0 Å². The molecule has 0 aliphatic rings. The van der Waals surface area contributed by atoms with Gasteiger partial charge in [0.05, 0.1) is 17.2 Å². The van der Waals surface area contributed by atoms with Crippen LogP contribution in [0, 0.1) is 0 Å². The number of hydrogen-bond donors (Lipinski definition) is 1. The minimum absolute atomic E-state index is 0.0216. The van der Waals surface area contributed by atoms with E-state index in [1.54, 1.807) is 31.2 Å². The van der Waals surface area contributed by atoms with Crippen molar-refractivity contribution < 1.29 is 22.7 Å². The molecule has 0 saturated carbocycles. The maximum atomic E-state index is 13.9. The number of carbonyl (C=O) groups excluding carboxylic acids is 2. The normalized spacial score (nSPS) is 12.3. The Hall–Kier alpha value is -3.56. The van der Waals surface area contributed by atoms with E-state index in [0.29, 0.717) is 17.4 Å². The molecule has 8 nitrogen and oxygen atoms in total. The summed E-state index contributed by atoms with van der Waals surface area (Å²) in [7, 11) is -4.19. The van der Waals surface area contributed by atoms with Crippen molar-refractivity contribution in [2.24, 2.45) is 0 Å². The fraction of sp³-hybridized carbons (Fsp3) is 0.333. The van der Waals surface area contributed by atoms with Gasteiger partial charge >= 0.3 is 0 Å². The van der Waals surface area contributed by atoms with Crippen LogP contribution in [-0.4, -0.2) is 49.9 Å². The van der Waals surface area contributed by atoms with E-state index in [9.17, 15) is 18.0 Å². The molecule has 0 saturated heterocycles. The summed E-state index contributed by atoms with van der Waals surface area (Å²) in [6, 6.07) is 20.6. The first kappa shape index (κ1) is 31.0. The van der Waals surface area contributed by atoms with E-state index >= 15 is 0 Å². The van der Waals surface area contributed by atoms with Crippen molar-refractivity contribution in [1.29, 1.82) is 0 Å². The van der Waals surface area contributed by atoms with Gasteiger partial charge in [-0.05, 0) is 88.7 Å². The van der Waals surface area contributed by atoms with E-state index in [1.165, 1.54) is 29.2 Å². The lowest BCUT2D eigenvalue weighted by Gasteiger charge is -2.33.